The largest absolute Gasteiger partial charge is 0.500 e. The SMILES string of the molecule is COc1cc([C@@H]2C3=C(COC3=O)Nc3n[nH]c(C)c32)cc([N+](=O)[O-])c1O. The number of carbonyl (C=O) groups excluding carboxylic acids is 1. The van der Waals surface area contributed by atoms with Crippen LogP contribution in [0.4, 0.5) is 11.5 Å². The van der Waals surface area contributed by atoms with Gasteiger partial charge in [0.15, 0.2) is 11.6 Å². The number of H-pyrrole nitrogens is 1. The Labute approximate surface area is 146 Å². The van der Waals surface area contributed by atoms with E-state index in [9.17, 15) is 20.0 Å². The van der Waals surface area contributed by atoms with Crippen LogP contribution in [0.2, 0.25) is 0 Å². The molecule has 0 bridgehead atoms. The monoisotopic (exact) mass is 358 g/mol. The number of fused-ring (bicyclic) bond motifs is 1. The molecule has 0 fully saturated rings. The third-order valence-electron chi connectivity index (χ3n) is 4.56. The second-order valence-electron chi connectivity index (χ2n) is 5.99. The molecule has 0 aliphatic carbocycles. The Morgan fingerprint density at radius 3 is 2.92 bits per heavy atom. The summed E-state index contributed by atoms with van der Waals surface area (Å²) in [4.78, 5) is 22.9. The van der Waals surface area contributed by atoms with Crippen molar-refractivity contribution < 1.29 is 24.3 Å². The number of anilines is 1. The molecule has 3 N–H and O–H groups in total. The van der Waals surface area contributed by atoms with Gasteiger partial charge in [-0.05, 0) is 18.6 Å². The summed E-state index contributed by atoms with van der Waals surface area (Å²) in [6, 6.07) is 2.71. The number of phenolic OH excluding ortho intramolecular Hbond substituents is 1. The number of hydrogen-bond donors (Lipinski definition) is 3. The van der Waals surface area contributed by atoms with E-state index in [1.807, 2.05) is 0 Å². The molecule has 26 heavy (non-hydrogen) atoms. The number of aromatic hydroxyl groups is 1. The maximum Gasteiger partial charge on any atom is 0.337 e. The lowest BCUT2D eigenvalue weighted by Gasteiger charge is -2.24. The summed E-state index contributed by atoms with van der Waals surface area (Å²) < 4.78 is 10.2. The van der Waals surface area contributed by atoms with Gasteiger partial charge in [0.2, 0.25) is 5.75 Å². The van der Waals surface area contributed by atoms with Gasteiger partial charge < -0.3 is 19.9 Å². The number of hydrogen-bond acceptors (Lipinski definition) is 8. The number of ether oxygens (including phenoxy) is 2. The van der Waals surface area contributed by atoms with Gasteiger partial charge in [-0.1, -0.05) is 0 Å². The number of esters is 1. The number of nitrogens with one attached hydrogen (secondary N) is 2. The van der Waals surface area contributed by atoms with Crippen LogP contribution in [0, 0.1) is 17.0 Å². The molecule has 0 saturated heterocycles. The molecule has 0 radical (unpaired) electrons. The molecular formula is C16H14N4O6. The second kappa shape index (κ2) is 5.48. The van der Waals surface area contributed by atoms with Crippen molar-refractivity contribution in [3.05, 3.63) is 50.3 Å². The molecule has 3 heterocycles. The minimum Gasteiger partial charge on any atom is -0.500 e. The third-order valence-corrected chi connectivity index (χ3v) is 4.56. The molecule has 2 aliphatic heterocycles. The highest BCUT2D eigenvalue weighted by Crippen LogP contribution is 2.48. The maximum absolute atomic E-state index is 12.3. The first-order valence-corrected chi connectivity index (χ1v) is 7.69. The van der Waals surface area contributed by atoms with Crippen molar-refractivity contribution in [2.24, 2.45) is 0 Å². The standard InChI is InChI=1S/C16H14N4O6/c1-6-11-12(7-3-9(20(23)24)14(21)10(4-7)25-2)13-8(5-26-16(13)22)17-15(11)19-18-6/h3-4,12,21H,5H2,1-2H3,(H2,17,18,19)/t12-/m0/s1. The zero-order valence-electron chi connectivity index (χ0n) is 13.8. The molecule has 134 valence electrons. The van der Waals surface area contributed by atoms with Crippen LogP contribution in [-0.2, 0) is 9.53 Å². The smallest absolute Gasteiger partial charge is 0.337 e. The third kappa shape index (κ3) is 2.11. The molecule has 1 atom stereocenters. The average molecular weight is 358 g/mol. The first kappa shape index (κ1) is 15.9. The van der Waals surface area contributed by atoms with Crippen LogP contribution in [0.15, 0.2) is 23.4 Å². The predicted molar refractivity (Wildman–Crippen MR) is 88.1 cm³/mol. The van der Waals surface area contributed by atoms with Gasteiger partial charge >= 0.3 is 11.7 Å². The number of nitro benzene ring substituents is 1. The van der Waals surface area contributed by atoms with Crippen molar-refractivity contribution >= 4 is 17.5 Å². The molecule has 2 aromatic rings. The van der Waals surface area contributed by atoms with E-state index in [4.69, 9.17) is 9.47 Å². The fraction of sp³-hybridized carbons (Fsp3) is 0.250. The van der Waals surface area contributed by atoms with Crippen LogP contribution < -0.4 is 10.1 Å². The quantitative estimate of drug-likeness (QED) is 0.428. The van der Waals surface area contributed by atoms with E-state index in [0.717, 1.165) is 0 Å². The van der Waals surface area contributed by atoms with E-state index in [0.29, 0.717) is 33.9 Å². The van der Waals surface area contributed by atoms with Crippen molar-refractivity contribution in [2.45, 2.75) is 12.8 Å². The van der Waals surface area contributed by atoms with Crippen molar-refractivity contribution in [3.63, 3.8) is 0 Å². The Bertz CT molecular complexity index is 993. The van der Waals surface area contributed by atoms with Crippen molar-refractivity contribution in [3.8, 4) is 11.5 Å². The van der Waals surface area contributed by atoms with E-state index in [2.05, 4.69) is 15.5 Å². The molecule has 0 amide bonds. The minimum atomic E-state index is -0.701. The zero-order valence-corrected chi connectivity index (χ0v) is 13.8. The van der Waals surface area contributed by atoms with Crippen molar-refractivity contribution in [1.82, 2.24) is 10.2 Å². The molecule has 10 heteroatoms. The Morgan fingerprint density at radius 2 is 2.23 bits per heavy atom. The Hall–Kier alpha value is -3.56. The van der Waals surface area contributed by atoms with Gasteiger partial charge in [0.05, 0.1) is 23.3 Å². The molecule has 0 unspecified atom stereocenters. The maximum atomic E-state index is 12.3. The van der Waals surface area contributed by atoms with E-state index in [1.165, 1.54) is 19.2 Å². The minimum absolute atomic E-state index is 0.0519. The summed E-state index contributed by atoms with van der Waals surface area (Å²) in [5.74, 6) is -1.23. The summed E-state index contributed by atoms with van der Waals surface area (Å²) in [6.07, 6.45) is 0. The Kier molecular flexibility index (Phi) is 3.36. The highest BCUT2D eigenvalue weighted by Gasteiger charge is 2.41. The summed E-state index contributed by atoms with van der Waals surface area (Å²) in [7, 11) is 1.30. The molecular weight excluding hydrogens is 344 g/mol. The van der Waals surface area contributed by atoms with Gasteiger partial charge in [0, 0.05) is 23.2 Å². The fourth-order valence-electron chi connectivity index (χ4n) is 3.39. The number of rotatable bonds is 3. The van der Waals surface area contributed by atoms with Crippen LogP contribution in [0.5, 0.6) is 11.5 Å². The number of nitrogens with zero attached hydrogens (tertiary/aromatic N) is 2. The summed E-state index contributed by atoms with van der Waals surface area (Å²) in [5, 5.41) is 31.5. The summed E-state index contributed by atoms with van der Waals surface area (Å²) >= 11 is 0. The lowest BCUT2D eigenvalue weighted by atomic mass is 9.81. The first-order chi connectivity index (χ1) is 12.4. The number of cyclic esters (lactones) is 1. The number of nitro groups is 1. The highest BCUT2D eigenvalue weighted by molar-refractivity contribution is 5.97. The van der Waals surface area contributed by atoms with Crippen molar-refractivity contribution in [2.75, 3.05) is 19.0 Å². The van der Waals surface area contributed by atoms with Gasteiger partial charge in [-0.2, -0.15) is 5.10 Å². The molecule has 4 rings (SSSR count). The number of aryl methyl sites for hydroxylation is 1. The highest BCUT2D eigenvalue weighted by atomic mass is 16.6. The molecule has 1 aromatic carbocycles. The summed E-state index contributed by atoms with van der Waals surface area (Å²) in [5.41, 5.74) is 2.24. The van der Waals surface area contributed by atoms with Crippen LogP contribution in [0.25, 0.3) is 0 Å². The van der Waals surface area contributed by atoms with E-state index >= 15 is 0 Å². The number of benzene rings is 1. The molecule has 2 aliphatic rings. The van der Waals surface area contributed by atoms with Crippen LogP contribution >= 0.6 is 0 Å². The summed E-state index contributed by atoms with van der Waals surface area (Å²) in [6.45, 7) is 1.87. The van der Waals surface area contributed by atoms with E-state index < -0.39 is 28.2 Å². The second-order valence-corrected chi connectivity index (χ2v) is 5.99. The molecule has 10 nitrogen and oxygen atoms in total. The molecule has 1 aromatic heterocycles. The van der Waals surface area contributed by atoms with Crippen molar-refractivity contribution in [1.29, 1.82) is 0 Å². The topological polar surface area (TPSA) is 140 Å². The number of phenols is 1. The fourth-order valence-corrected chi connectivity index (χ4v) is 3.39. The number of aromatic nitrogens is 2. The van der Waals surface area contributed by atoms with E-state index in [1.54, 1.807) is 6.92 Å². The van der Waals surface area contributed by atoms with Gasteiger partial charge in [-0.25, -0.2) is 4.79 Å². The molecule has 0 saturated carbocycles. The number of carbonyl (C=O) groups is 1. The lowest BCUT2D eigenvalue weighted by molar-refractivity contribution is -0.386. The van der Waals surface area contributed by atoms with Crippen LogP contribution in [0.3, 0.4) is 0 Å². The number of methoxy groups -OCH3 is 1. The zero-order chi connectivity index (χ0) is 18.6. The van der Waals surface area contributed by atoms with Gasteiger partial charge in [-0.3, -0.25) is 15.2 Å². The first-order valence-electron chi connectivity index (χ1n) is 7.69. The van der Waals surface area contributed by atoms with Crippen LogP contribution in [-0.4, -0.2) is 39.9 Å². The van der Waals surface area contributed by atoms with Gasteiger partial charge in [0.1, 0.15) is 6.61 Å². The lowest BCUT2D eigenvalue weighted by Crippen LogP contribution is -2.20. The Morgan fingerprint density at radius 1 is 1.46 bits per heavy atom. The molecule has 0 spiro atoms. The predicted octanol–water partition coefficient (Wildman–Crippen LogP) is 1.71. The van der Waals surface area contributed by atoms with Gasteiger partial charge in [0.25, 0.3) is 0 Å². The number of aromatic amines is 1. The Balaban J connectivity index is 1.99. The normalized spacial score (nSPS) is 18.1. The average Bonchev–Trinajstić information content (AvgIpc) is 3.17. The van der Waals surface area contributed by atoms with E-state index in [-0.39, 0.29) is 12.4 Å². The van der Waals surface area contributed by atoms with Gasteiger partial charge in [-0.15, -0.1) is 0 Å². The van der Waals surface area contributed by atoms with Crippen LogP contribution in [0.1, 0.15) is 22.7 Å².